The summed E-state index contributed by atoms with van der Waals surface area (Å²) in [5, 5.41) is 6.85. The zero-order valence-corrected chi connectivity index (χ0v) is 14.6. The van der Waals surface area contributed by atoms with Crippen molar-refractivity contribution in [1.29, 1.82) is 0 Å². The zero-order valence-electron chi connectivity index (χ0n) is 14.6. The molecule has 0 aliphatic carbocycles. The molecule has 0 aliphatic rings. The first-order chi connectivity index (χ1) is 11.4. The van der Waals surface area contributed by atoms with Crippen molar-refractivity contribution in [2.24, 2.45) is 0 Å². The first-order valence-corrected chi connectivity index (χ1v) is 8.01. The molecular weight excluding hydrogens is 309 g/mol. The molecule has 1 unspecified atom stereocenters. The highest BCUT2D eigenvalue weighted by Gasteiger charge is 2.22. The number of hydrogen-bond donors (Lipinski definition) is 1. The van der Waals surface area contributed by atoms with Crippen molar-refractivity contribution in [3.05, 3.63) is 52.7 Å². The Morgan fingerprint density at radius 3 is 2.71 bits per heavy atom. The molecule has 5 nitrogen and oxygen atoms in total. The molecule has 24 heavy (non-hydrogen) atoms. The fourth-order valence-corrected chi connectivity index (χ4v) is 2.79. The summed E-state index contributed by atoms with van der Waals surface area (Å²) in [4.78, 5) is 14.3. The fraction of sp³-hybridized carbons (Fsp3) is 0.444. The summed E-state index contributed by atoms with van der Waals surface area (Å²) in [7, 11) is 3.61. The van der Waals surface area contributed by atoms with Gasteiger partial charge in [-0.3, -0.25) is 9.69 Å². The molecule has 1 N–H and O–H groups in total. The van der Waals surface area contributed by atoms with E-state index in [0.717, 1.165) is 29.9 Å². The van der Waals surface area contributed by atoms with Crippen LogP contribution in [-0.4, -0.2) is 36.6 Å². The molecule has 1 amide bonds. The van der Waals surface area contributed by atoms with Crippen molar-refractivity contribution in [2.75, 3.05) is 20.6 Å². The van der Waals surface area contributed by atoms with Crippen molar-refractivity contribution < 1.29 is 13.7 Å². The van der Waals surface area contributed by atoms with E-state index in [1.165, 1.54) is 12.1 Å². The molecule has 2 aromatic rings. The molecule has 0 aliphatic heterocycles. The highest BCUT2D eigenvalue weighted by atomic mass is 19.1. The highest BCUT2D eigenvalue weighted by Crippen LogP contribution is 2.19. The Bertz CT molecular complexity index is 678. The second kappa shape index (κ2) is 8.06. The Morgan fingerprint density at radius 1 is 1.38 bits per heavy atom. The van der Waals surface area contributed by atoms with Gasteiger partial charge >= 0.3 is 0 Å². The van der Waals surface area contributed by atoms with Gasteiger partial charge in [0.1, 0.15) is 17.6 Å². The molecule has 0 fully saturated rings. The Kier molecular flexibility index (Phi) is 6.09. The Hall–Kier alpha value is -2.21. The van der Waals surface area contributed by atoms with Crippen molar-refractivity contribution in [3.63, 3.8) is 0 Å². The molecule has 1 aromatic carbocycles. The third kappa shape index (κ3) is 4.41. The minimum atomic E-state index is -0.514. The summed E-state index contributed by atoms with van der Waals surface area (Å²) in [6, 6.07) is 5.63. The van der Waals surface area contributed by atoms with Gasteiger partial charge < -0.3 is 9.84 Å². The number of hydrogen-bond acceptors (Lipinski definition) is 4. The first-order valence-electron chi connectivity index (χ1n) is 8.01. The van der Waals surface area contributed by atoms with Crippen LogP contribution in [0.25, 0.3) is 0 Å². The summed E-state index contributed by atoms with van der Waals surface area (Å²) in [6.07, 6.45) is 1.59. The Balaban J connectivity index is 1.92. The smallest absolute Gasteiger partial charge is 0.241 e. The molecule has 1 heterocycles. The topological polar surface area (TPSA) is 58.4 Å². The maximum atomic E-state index is 13.4. The molecule has 0 radical (unpaired) electrons. The molecule has 0 bridgehead atoms. The number of rotatable bonds is 7. The molecule has 130 valence electrons. The van der Waals surface area contributed by atoms with Gasteiger partial charge in [0.15, 0.2) is 0 Å². The van der Waals surface area contributed by atoms with Gasteiger partial charge in [-0.15, -0.1) is 0 Å². The number of nitrogens with one attached hydrogen (secondary N) is 1. The van der Waals surface area contributed by atoms with Gasteiger partial charge in [0.25, 0.3) is 0 Å². The van der Waals surface area contributed by atoms with Crippen LogP contribution < -0.4 is 5.32 Å². The van der Waals surface area contributed by atoms with E-state index in [-0.39, 0.29) is 11.7 Å². The fourth-order valence-electron chi connectivity index (χ4n) is 2.79. The molecule has 0 spiro atoms. The van der Waals surface area contributed by atoms with E-state index in [0.29, 0.717) is 12.1 Å². The third-order valence-corrected chi connectivity index (χ3v) is 4.01. The summed E-state index contributed by atoms with van der Waals surface area (Å²) >= 11 is 0. The van der Waals surface area contributed by atoms with Gasteiger partial charge in [-0.25, -0.2) is 4.39 Å². The standard InChI is InChI=1S/C18H24FN3O2/c1-12-16(13(2)24-21-12)9-6-10-20-18(23)17(22(3)4)14-7-5-8-15(19)11-14/h5,7-8,11,17H,6,9-10H2,1-4H3,(H,20,23). The molecule has 1 atom stereocenters. The Labute approximate surface area is 141 Å². The average Bonchev–Trinajstić information content (AvgIpc) is 2.83. The second-order valence-corrected chi connectivity index (χ2v) is 6.12. The SMILES string of the molecule is Cc1noc(C)c1CCCNC(=O)C(c1cccc(F)c1)N(C)C. The average molecular weight is 333 g/mol. The van der Waals surface area contributed by atoms with E-state index in [4.69, 9.17) is 4.52 Å². The number of aryl methyl sites for hydroxylation is 2. The van der Waals surface area contributed by atoms with E-state index in [9.17, 15) is 9.18 Å². The largest absolute Gasteiger partial charge is 0.361 e. The minimum absolute atomic E-state index is 0.135. The minimum Gasteiger partial charge on any atom is -0.361 e. The molecule has 2 rings (SSSR count). The number of carbonyl (C=O) groups is 1. The van der Waals surface area contributed by atoms with Crippen LogP contribution in [0.2, 0.25) is 0 Å². The predicted molar refractivity (Wildman–Crippen MR) is 90.1 cm³/mol. The molecule has 6 heteroatoms. The number of nitrogens with zero attached hydrogens (tertiary/aromatic N) is 2. The number of carbonyl (C=O) groups excluding carboxylic acids is 1. The Morgan fingerprint density at radius 2 is 2.12 bits per heavy atom. The molecule has 1 aromatic heterocycles. The quantitative estimate of drug-likeness (QED) is 0.792. The van der Waals surface area contributed by atoms with Gasteiger partial charge in [0.2, 0.25) is 5.91 Å². The van der Waals surface area contributed by atoms with Crippen LogP contribution in [0, 0.1) is 19.7 Å². The van der Waals surface area contributed by atoms with Gasteiger partial charge in [0.05, 0.1) is 5.69 Å². The van der Waals surface area contributed by atoms with Crippen LogP contribution in [0.5, 0.6) is 0 Å². The van der Waals surface area contributed by atoms with Gasteiger partial charge in [-0.2, -0.15) is 0 Å². The van der Waals surface area contributed by atoms with Crippen molar-refractivity contribution >= 4 is 5.91 Å². The van der Waals surface area contributed by atoms with Crippen LogP contribution in [0.4, 0.5) is 4.39 Å². The highest BCUT2D eigenvalue weighted by molar-refractivity contribution is 5.83. The number of amides is 1. The lowest BCUT2D eigenvalue weighted by atomic mass is 10.0. The van der Waals surface area contributed by atoms with E-state index >= 15 is 0 Å². The first kappa shape index (κ1) is 18.1. The van der Waals surface area contributed by atoms with Crippen LogP contribution in [0.1, 0.15) is 35.0 Å². The van der Waals surface area contributed by atoms with Crippen LogP contribution in [0.15, 0.2) is 28.8 Å². The number of halogens is 1. The zero-order chi connectivity index (χ0) is 17.7. The molecule has 0 saturated heterocycles. The van der Waals surface area contributed by atoms with E-state index in [1.54, 1.807) is 31.1 Å². The summed E-state index contributed by atoms with van der Waals surface area (Å²) in [5.41, 5.74) is 2.63. The maximum Gasteiger partial charge on any atom is 0.241 e. The van der Waals surface area contributed by atoms with Crippen molar-refractivity contribution in [1.82, 2.24) is 15.4 Å². The van der Waals surface area contributed by atoms with E-state index in [1.807, 2.05) is 13.8 Å². The van der Waals surface area contributed by atoms with Gasteiger partial charge in [-0.05, 0) is 58.5 Å². The molecular formula is C18H24FN3O2. The number of benzene rings is 1. The summed E-state index contributed by atoms with van der Waals surface area (Å²) in [6.45, 7) is 4.35. The summed E-state index contributed by atoms with van der Waals surface area (Å²) < 4.78 is 18.6. The van der Waals surface area contributed by atoms with Crippen molar-refractivity contribution in [3.8, 4) is 0 Å². The lowest BCUT2D eigenvalue weighted by Gasteiger charge is -2.24. The third-order valence-electron chi connectivity index (χ3n) is 4.01. The predicted octanol–water partition coefficient (Wildman–Crippen LogP) is 2.78. The molecule has 0 saturated carbocycles. The van der Waals surface area contributed by atoms with Gasteiger partial charge in [0, 0.05) is 12.1 Å². The van der Waals surface area contributed by atoms with Crippen molar-refractivity contribution in [2.45, 2.75) is 32.7 Å². The van der Waals surface area contributed by atoms with Crippen LogP contribution in [-0.2, 0) is 11.2 Å². The number of likely N-dealkylation sites (N-methyl/N-ethyl adjacent to an activating group) is 1. The van der Waals surface area contributed by atoms with Crippen LogP contribution >= 0.6 is 0 Å². The lowest BCUT2D eigenvalue weighted by molar-refractivity contribution is -0.125. The lowest BCUT2D eigenvalue weighted by Crippen LogP contribution is -2.37. The normalized spacial score (nSPS) is 12.4. The second-order valence-electron chi connectivity index (χ2n) is 6.12. The maximum absolute atomic E-state index is 13.4. The van der Waals surface area contributed by atoms with E-state index in [2.05, 4.69) is 10.5 Å². The monoisotopic (exact) mass is 333 g/mol. The van der Waals surface area contributed by atoms with Crippen LogP contribution in [0.3, 0.4) is 0 Å². The summed E-state index contributed by atoms with van der Waals surface area (Å²) in [5.74, 6) is 0.347. The number of aromatic nitrogens is 1. The van der Waals surface area contributed by atoms with E-state index < -0.39 is 6.04 Å². The van der Waals surface area contributed by atoms with Gasteiger partial charge in [-0.1, -0.05) is 17.3 Å².